The normalized spacial score (nSPS) is 15.4. The van der Waals surface area contributed by atoms with Gasteiger partial charge < -0.3 is 14.4 Å². The van der Waals surface area contributed by atoms with Crippen molar-refractivity contribution in [3.05, 3.63) is 53.1 Å². The Morgan fingerprint density at radius 1 is 1.31 bits per heavy atom. The number of aliphatic hydroxyl groups excluding tert-OH is 1. The molecule has 1 atom stereocenters. The molecule has 4 rings (SSSR count). The lowest BCUT2D eigenvalue weighted by atomic mass is 9.98. The first-order chi connectivity index (χ1) is 16.7. The zero-order valence-electron chi connectivity index (χ0n) is 19.9. The summed E-state index contributed by atoms with van der Waals surface area (Å²) in [6.07, 6.45) is 2.66. The van der Waals surface area contributed by atoms with Gasteiger partial charge in [0.25, 0.3) is 5.89 Å². The Hall–Kier alpha value is -3.26. The van der Waals surface area contributed by atoms with Crippen molar-refractivity contribution in [1.29, 1.82) is 5.26 Å². The smallest absolute Gasteiger partial charge is 0.258 e. The molecule has 184 valence electrons. The van der Waals surface area contributed by atoms with E-state index in [9.17, 15) is 18.8 Å². The fourth-order valence-electron chi connectivity index (χ4n) is 4.45. The molecular weight excluding hydrogens is 468 g/mol. The largest absolute Gasteiger partial charge is 0.490 e. The van der Waals surface area contributed by atoms with E-state index in [-0.39, 0.29) is 25.2 Å². The number of nitriles is 1. The molecule has 0 radical (unpaired) electrons. The summed E-state index contributed by atoms with van der Waals surface area (Å²) in [6.45, 7) is 3.96. The highest BCUT2D eigenvalue weighted by Gasteiger charge is 2.30. The van der Waals surface area contributed by atoms with Gasteiger partial charge >= 0.3 is 0 Å². The number of nitrogens with zero attached hydrogens (tertiary/aromatic N) is 4. The average Bonchev–Trinajstić information content (AvgIpc) is 3.46. The van der Waals surface area contributed by atoms with Gasteiger partial charge in [0.15, 0.2) is 0 Å². The number of hydrogen-bond donors (Lipinski definition) is 1. The zero-order valence-corrected chi connectivity index (χ0v) is 20.7. The maximum Gasteiger partial charge on any atom is 0.258 e. The van der Waals surface area contributed by atoms with Crippen LogP contribution in [-0.4, -0.2) is 60.0 Å². The van der Waals surface area contributed by atoms with Gasteiger partial charge in [-0.15, -0.1) is 0 Å². The highest BCUT2D eigenvalue weighted by Crippen LogP contribution is 2.39. The van der Waals surface area contributed by atoms with Crippen LogP contribution in [0.3, 0.4) is 0 Å². The molecule has 3 aromatic rings. The van der Waals surface area contributed by atoms with Gasteiger partial charge in [-0.05, 0) is 61.9 Å². The van der Waals surface area contributed by atoms with Crippen LogP contribution in [0.5, 0.6) is 5.75 Å². The number of benzene rings is 2. The summed E-state index contributed by atoms with van der Waals surface area (Å²) in [6, 6.07) is 13.2. The van der Waals surface area contributed by atoms with Crippen LogP contribution < -0.4 is 4.74 Å². The average molecular weight is 497 g/mol. The molecule has 0 saturated heterocycles. The van der Waals surface area contributed by atoms with Crippen LogP contribution >= 0.6 is 0 Å². The Labute approximate surface area is 205 Å². The monoisotopic (exact) mass is 496 g/mol. The van der Waals surface area contributed by atoms with Crippen molar-refractivity contribution in [2.45, 2.75) is 38.7 Å². The van der Waals surface area contributed by atoms with Gasteiger partial charge in [0.1, 0.15) is 11.8 Å². The summed E-state index contributed by atoms with van der Waals surface area (Å²) >= 11 is 0. The van der Waals surface area contributed by atoms with E-state index in [1.165, 1.54) is 4.31 Å². The van der Waals surface area contributed by atoms with Gasteiger partial charge in [-0.1, -0.05) is 23.4 Å². The Bertz CT molecular complexity index is 1360. The molecule has 0 bridgehead atoms. The molecule has 1 aromatic heterocycles. The third-order valence-electron chi connectivity index (χ3n) is 6.01. The van der Waals surface area contributed by atoms with Crippen molar-refractivity contribution in [2.24, 2.45) is 0 Å². The van der Waals surface area contributed by atoms with E-state index in [0.717, 1.165) is 35.8 Å². The molecule has 10 heteroatoms. The second kappa shape index (κ2) is 10.2. The zero-order chi connectivity index (χ0) is 25.2. The van der Waals surface area contributed by atoms with Crippen LogP contribution in [0.2, 0.25) is 0 Å². The lowest BCUT2D eigenvalue weighted by Crippen LogP contribution is -2.35. The first kappa shape index (κ1) is 24.9. The summed E-state index contributed by atoms with van der Waals surface area (Å²) in [5.41, 5.74) is 3.98. The molecule has 2 aromatic carbocycles. The predicted octanol–water partition coefficient (Wildman–Crippen LogP) is 3.35. The number of rotatable bonds is 9. The van der Waals surface area contributed by atoms with Gasteiger partial charge in [-0.2, -0.15) is 14.6 Å². The van der Waals surface area contributed by atoms with Crippen molar-refractivity contribution in [3.63, 3.8) is 0 Å². The lowest BCUT2D eigenvalue weighted by molar-refractivity contribution is 0.241. The molecule has 0 spiro atoms. The van der Waals surface area contributed by atoms with Crippen LogP contribution in [0.25, 0.3) is 22.8 Å². The number of fused-ring (bicyclic) bond motifs is 1. The molecule has 35 heavy (non-hydrogen) atoms. The van der Waals surface area contributed by atoms with Crippen LogP contribution in [-0.2, 0) is 16.4 Å². The molecule has 1 heterocycles. The van der Waals surface area contributed by atoms with Gasteiger partial charge in [0, 0.05) is 24.2 Å². The highest BCUT2D eigenvalue weighted by atomic mass is 32.2. The SMILES string of the molecule is CC(C)Oc1ccc(-c2nc(-c3cccc4c3CCC4CN(CCO)S(C)(=O)=O)no2)cc1C#N. The maximum absolute atomic E-state index is 12.1. The van der Waals surface area contributed by atoms with Crippen LogP contribution in [0.4, 0.5) is 0 Å². The van der Waals surface area contributed by atoms with Gasteiger partial charge in [0.2, 0.25) is 15.8 Å². The summed E-state index contributed by atoms with van der Waals surface area (Å²) < 4.78 is 36.8. The summed E-state index contributed by atoms with van der Waals surface area (Å²) in [7, 11) is -3.42. The molecule has 1 unspecified atom stereocenters. The van der Waals surface area contributed by atoms with Crippen molar-refractivity contribution < 1.29 is 22.8 Å². The van der Waals surface area contributed by atoms with Crippen molar-refractivity contribution in [1.82, 2.24) is 14.4 Å². The molecule has 9 nitrogen and oxygen atoms in total. The molecule has 0 fully saturated rings. The summed E-state index contributed by atoms with van der Waals surface area (Å²) in [4.78, 5) is 4.58. The molecular formula is C25H28N4O5S. The number of sulfonamides is 1. The van der Waals surface area contributed by atoms with Crippen LogP contribution in [0.15, 0.2) is 40.9 Å². The topological polar surface area (TPSA) is 130 Å². The van der Waals surface area contributed by atoms with E-state index in [4.69, 9.17) is 9.26 Å². The fourth-order valence-corrected chi connectivity index (χ4v) is 5.31. The van der Waals surface area contributed by atoms with Crippen molar-refractivity contribution >= 4 is 10.0 Å². The second-order valence-electron chi connectivity index (χ2n) is 8.87. The minimum atomic E-state index is -3.42. The molecule has 0 amide bonds. The van der Waals surface area contributed by atoms with Gasteiger partial charge in [0.05, 0.1) is 24.5 Å². The summed E-state index contributed by atoms with van der Waals surface area (Å²) in [5.74, 6) is 1.26. The number of aromatic nitrogens is 2. The Morgan fingerprint density at radius 2 is 2.11 bits per heavy atom. The van der Waals surface area contributed by atoms with E-state index in [1.54, 1.807) is 18.2 Å². The van der Waals surface area contributed by atoms with Gasteiger partial charge in [-0.25, -0.2) is 8.42 Å². The fraction of sp³-hybridized carbons (Fsp3) is 0.400. The highest BCUT2D eigenvalue weighted by molar-refractivity contribution is 7.88. The van der Waals surface area contributed by atoms with Crippen LogP contribution in [0, 0.1) is 11.3 Å². The van der Waals surface area contributed by atoms with E-state index in [1.807, 2.05) is 32.0 Å². The van der Waals surface area contributed by atoms with Crippen molar-refractivity contribution in [3.8, 4) is 34.7 Å². The van der Waals surface area contributed by atoms with E-state index in [2.05, 4.69) is 16.2 Å². The van der Waals surface area contributed by atoms with Crippen molar-refractivity contribution in [2.75, 3.05) is 26.0 Å². The molecule has 1 N–H and O–H groups in total. The molecule has 1 aliphatic rings. The number of ether oxygens (including phenoxy) is 1. The number of aliphatic hydroxyl groups is 1. The predicted molar refractivity (Wildman–Crippen MR) is 130 cm³/mol. The standard InChI is InChI=1S/C25H28N4O5S/c1-16(2)33-23-10-8-17(13-19(23)14-26)25-27-24(28-34-25)22-6-4-5-20-18(7-9-21(20)22)15-29(11-12-30)35(3,31)32/h4-6,8,10,13,16,18,30H,7,9,11-12,15H2,1-3H3. The second-order valence-corrected chi connectivity index (χ2v) is 10.8. The molecule has 1 aliphatic carbocycles. The Morgan fingerprint density at radius 3 is 2.80 bits per heavy atom. The van der Waals surface area contributed by atoms with Crippen LogP contribution in [0.1, 0.15) is 42.9 Å². The quantitative estimate of drug-likeness (QED) is 0.477. The third-order valence-corrected chi connectivity index (χ3v) is 7.28. The van der Waals surface area contributed by atoms with E-state index < -0.39 is 10.0 Å². The third kappa shape index (κ3) is 5.37. The Kier molecular flexibility index (Phi) is 7.21. The maximum atomic E-state index is 12.1. The first-order valence-corrected chi connectivity index (χ1v) is 13.3. The Balaban J connectivity index is 1.61. The first-order valence-electron chi connectivity index (χ1n) is 11.4. The molecule has 0 saturated carbocycles. The number of hydrogen-bond acceptors (Lipinski definition) is 8. The molecule has 0 aliphatic heterocycles. The summed E-state index contributed by atoms with van der Waals surface area (Å²) in [5, 5.41) is 23.0. The lowest BCUT2D eigenvalue weighted by Gasteiger charge is -2.23. The minimum Gasteiger partial charge on any atom is -0.490 e. The van der Waals surface area contributed by atoms with Gasteiger partial charge in [-0.3, -0.25) is 0 Å². The van der Waals surface area contributed by atoms with E-state index >= 15 is 0 Å². The van der Waals surface area contributed by atoms with E-state index in [0.29, 0.717) is 35.1 Å². The minimum absolute atomic E-state index is 0.0179.